The van der Waals surface area contributed by atoms with Gasteiger partial charge in [0.25, 0.3) is 0 Å². The standard InChI is InChI=1S/C13H12N4O/c1-2-9-3-4-12(11(15)5-9)18-13-8-16-10(6-14)7-17-13/h3-5,7-8H,2,15H2,1H3. The fraction of sp³-hybridized carbons (Fsp3) is 0.154. The lowest BCUT2D eigenvalue weighted by molar-refractivity contribution is 0.462. The van der Waals surface area contributed by atoms with E-state index in [0.29, 0.717) is 17.3 Å². The summed E-state index contributed by atoms with van der Waals surface area (Å²) in [6.07, 6.45) is 3.67. The number of nitriles is 1. The zero-order chi connectivity index (χ0) is 13.0. The maximum atomic E-state index is 8.61. The summed E-state index contributed by atoms with van der Waals surface area (Å²) in [5, 5.41) is 8.61. The van der Waals surface area contributed by atoms with Crippen molar-refractivity contribution in [3.63, 3.8) is 0 Å². The van der Waals surface area contributed by atoms with Gasteiger partial charge in [-0.05, 0) is 24.1 Å². The molecule has 0 atom stereocenters. The highest BCUT2D eigenvalue weighted by Crippen LogP contribution is 2.26. The van der Waals surface area contributed by atoms with Crippen LogP contribution in [0.15, 0.2) is 30.6 Å². The van der Waals surface area contributed by atoms with E-state index in [1.165, 1.54) is 12.4 Å². The number of rotatable bonds is 3. The van der Waals surface area contributed by atoms with Crippen LogP contribution in [0.4, 0.5) is 5.69 Å². The SMILES string of the molecule is CCc1ccc(Oc2cnc(C#N)cn2)c(N)c1. The average molecular weight is 240 g/mol. The van der Waals surface area contributed by atoms with Crippen LogP contribution in [0.1, 0.15) is 18.2 Å². The summed E-state index contributed by atoms with van der Waals surface area (Å²) in [5.74, 6) is 0.844. The van der Waals surface area contributed by atoms with Gasteiger partial charge in [-0.15, -0.1) is 0 Å². The first-order valence-corrected chi connectivity index (χ1v) is 5.51. The van der Waals surface area contributed by atoms with Crippen molar-refractivity contribution in [2.75, 3.05) is 5.73 Å². The molecule has 0 aliphatic rings. The fourth-order valence-corrected chi connectivity index (χ4v) is 1.45. The van der Waals surface area contributed by atoms with Gasteiger partial charge in [-0.2, -0.15) is 5.26 Å². The van der Waals surface area contributed by atoms with Gasteiger partial charge in [0.2, 0.25) is 5.88 Å². The monoisotopic (exact) mass is 240 g/mol. The minimum absolute atomic E-state index is 0.247. The van der Waals surface area contributed by atoms with Crippen LogP contribution in [0.5, 0.6) is 11.6 Å². The second-order valence-corrected chi connectivity index (χ2v) is 3.68. The molecule has 0 aliphatic carbocycles. The second kappa shape index (κ2) is 5.15. The van der Waals surface area contributed by atoms with Crippen molar-refractivity contribution in [1.29, 1.82) is 5.26 Å². The van der Waals surface area contributed by atoms with E-state index >= 15 is 0 Å². The normalized spacial score (nSPS) is 9.78. The first kappa shape index (κ1) is 11.9. The van der Waals surface area contributed by atoms with Crippen molar-refractivity contribution < 1.29 is 4.74 Å². The smallest absolute Gasteiger partial charge is 0.238 e. The Hall–Kier alpha value is -2.61. The third-order valence-corrected chi connectivity index (χ3v) is 2.44. The van der Waals surface area contributed by atoms with Crippen LogP contribution in [0, 0.1) is 11.3 Å². The summed E-state index contributed by atoms with van der Waals surface area (Å²) in [4.78, 5) is 7.83. The van der Waals surface area contributed by atoms with E-state index in [4.69, 9.17) is 15.7 Å². The molecule has 2 rings (SSSR count). The molecule has 0 spiro atoms. The van der Waals surface area contributed by atoms with Crippen LogP contribution in [0.25, 0.3) is 0 Å². The summed E-state index contributed by atoms with van der Waals surface area (Å²) < 4.78 is 5.50. The third kappa shape index (κ3) is 2.55. The Labute approximate surface area is 105 Å². The highest BCUT2D eigenvalue weighted by molar-refractivity contribution is 5.55. The Bertz CT molecular complexity index is 587. The van der Waals surface area contributed by atoms with Crippen LogP contribution >= 0.6 is 0 Å². The number of nitrogen functional groups attached to an aromatic ring is 1. The Morgan fingerprint density at radius 1 is 1.33 bits per heavy atom. The zero-order valence-corrected chi connectivity index (χ0v) is 9.92. The Kier molecular flexibility index (Phi) is 3.39. The molecular formula is C13H12N4O. The molecule has 1 aromatic heterocycles. The number of ether oxygens (including phenoxy) is 1. The lowest BCUT2D eigenvalue weighted by atomic mass is 10.1. The van der Waals surface area contributed by atoms with Crippen molar-refractivity contribution in [2.45, 2.75) is 13.3 Å². The maximum absolute atomic E-state index is 8.61. The number of aryl methyl sites for hydroxylation is 1. The van der Waals surface area contributed by atoms with Gasteiger partial charge in [0.15, 0.2) is 11.4 Å². The average Bonchev–Trinajstić information content (AvgIpc) is 2.42. The van der Waals surface area contributed by atoms with Gasteiger partial charge in [-0.1, -0.05) is 13.0 Å². The maximum Gasteiger partial charge on any atom is 0.238 e. The zero-order valence-electron chi connectivity index (χ0n) is 9.92. The number of nitrogens with two attached hydrogens (primary N) is 1. The number of benzene rings is 1. The summed E-state index contributed by atoms with van der Waals surface area (Å²) in [6.45, 7) is 2.06. The van der Waals surface area contributed by atoms with Crippen molar-refractivity contribution in [3.05, 3.63) is 41.9 Å². The topological polar surface area (TPSA) is 84.8 Å². The van der Waals surface area contributed by atoms with E-state index in [0.717, 1.165) is 12.0 Å². The first-order valence-electron chi connectivity index (χ1n) is 5.51. The van der Waals surface area contributed by atoms with Crippen molar-refractivity contribution in [3.8, 4) is 17.7 Å². The predicted octanol–water partition coefficient (Wildman–Crippen LogP) is 2.29. The molecule has 0 unspecified atom stereocenters. The number of anilines is 1. The van der Waals surface area contributed by atoms with E-state index in [1.807, 2.05) is 18.2 Å². The van der Waals surface area contributed by atoms with Crippen LogP contribution in [0.2, 0.25) is 0 Å². The molecule has 1 aromatic carbocycles. The van der Waals surface area contributed by atoms with Gasteiger partial charge in [-0.25, -0.2) is 9.97 Å². The number of hydrogen-bond donors (Lipinski definition) is 1. The molecule has 0 radical (unpaired) electrons. The van der Waals surface area contributed by atoms with Gasteiger partial charge >= 0.3 is 0 Å². The van der Waals surface area contributed by atoms with Crippen LogP contribution in [-0.4, -0.2) is 9.97 Å². The van der Waals surface area contributed by atoms with Gasteiger partial charge in [0.05, 0.1) is 18.1 Å². The second-order valence-electron chi connectivity index (χ2n) is 3.68. The lowest BCUT2D eigenvalue weighted by Crippen LogP contribution is -1.96. The third-order valence-electron chi connectivity index (χ3n) is 2.44. The molecule has 0 amide bonds. The number of hydrogen-bond acceptors (Lipinski definition) is 5. The molecule has 0 aliphatic heterocycles. The van der Waals surface area contributed by atoms with Crippen LogP contribution in [0.3, 0.4) is 0 Å². The largest absolute Gasteiger partial charge is 0.435 e. The van der Waals surface area contributed by atoms with E-state index in [-0.39, 0.29) is 5.69 Å². The molecule has 0 fully saturated rings. The van der Waals surface area contributed by atoms with E-state index in [2.05, 4.69) is 16.9 Å². The van der Waals surface area contributed by atoms with Crippen LogP contribution in [-0.2, 0) is 6.42 Å². The quantitative estimate of drug-likeness (QED) is 0.832. The summed E-state index contributed by atoms with van der Waals surface area (Å²) in [6, 6.07) is 7.50. The number of aromatic nitrogens is 2. The highest BCUT2D eigenvalue weighted by Gasteiger charge is 2.04. The van der Waals surface area contributed by atoms with Crippen LogP contribution < -0.4 is 10.5 Å². The Morgan fingerprint density at radius 3 is 2.72 bits per heavy atom. The molecule has 90 valence electrons. The first-order chi connectivity index (χ1) is 8.72. The molecule has 0 saturated carbocycles. The van der Waals surface area contributed by atoms with Crippen molar-refractivity contribution in [1.82, 2.24) is 9.97 Å². The molecule has 5 nitrogen and oxygen atoms in total. The lowest BCUT2D eigenvalue weighted by Gasteiger charge is -2.08. The summed E-state index contributed by atoms with van der Waals surface area (Å²) >= 11 is 0. The van der Waals surface area contributed by atoms with E-state index in [9.17, 15) is 0 Å². The number of nitrogens with zero attached hydrogens (tertiary/aromatic N) is 3. The Balaban J connectivity index is 2.20. The molecule has 2 aromatic rings. The van der Waals surface area contributed by atoms with Crippen molar-refractivity contribution in [2.24, 2.45) is 0 Å². The summed E-state index contributed by atoms with van der Waals surface area (Å²) in [5.41, 5.74) is 7.82. The fourth-order valence-electron chi connectivity index (χ4n) is 1.45. The highest BCUT2D eigenvalue weighted by atomic mass is 16.5. The molecule has 18 heavy (non-hydrogen) atoms. The minimum atomic E-state index is 0.247. The van der Waals surface area contributed by atoms with E-state index < -0.39 is 0 Å². The van der Waals surface area contributed by atoms with Gasteiger partial charge in [0, 0.05) is 0 Å². The molecular weight excluding hydrogens is 228 g/mol. The molecule has 1 heterocycles. The van der Waals surface area contributed by atoms with Gasteiger partial charge < -0.3 is 10.5 Å². The predicted molar refractivity (Wildman–Crippen MR) is 67.1 cm³/mol. The molecule has 5 heteroatoms. The van der Waals surface area contributed by atoms with Gasteiger partial charge in [0.1, 0.15) is 6.07 Å². The molecule has 0 bridgehead atoms. The van der Waals surface area contributed by atoms with Crippen molar-refractivity contribution >= 4 is 5.69 Å². The Morgan fingerprint density at radius 2 is 2.17 bits per heavy atom. The summed E-state index contributed by atoms with van der Waals surface area (Å²) in [7, 11) is 0. The minimum Gasteiger partial charge on any atom is -0.435 e. The van der Waals surface area contributed by atoms with E-state index in [1.54, 1.807) is 6.07 Å². The van der Waals surface area contributed by atoms with Gasteiger partial charge in [-0.3, -0.25) is 0 Å². The molecule has 2 N–H and O–H groups in total. The molecule has 0 saturated heterocycles.